The van der Waals surface area contributed by atoms with Crippen LogP contribution in [-0.4, -0.2) is 104 Å². The molecule has 0 bridgehead atoms. The van der Waals surface area contributed by atoms with Gasteiger partial charge in [0, 0.05) is 43.8 Å². The molecule has 190 valence electrons. The van der Waals surface area contributed by atoms with Gasteiger partial charge >= 0.3 is 5.97 Å². The maximum Gasteiger partial charge on any atom is 0.341 e. The van der Waals surface area contributed by atoms with Crippen molar-refractivity contribution in [2.45, 2.75) is 49.5 Å². The SMILES string of the molecule is O=C(O)c1cn(C2CC2)c2cc(N3CCN([C@@H]4O[C@H](CO)[C@H](O)[C@H](O)[C@H]4O)CC3)c(F)cc2c1=O. The van der Waals surface area contributed by atoms with E-state index in [1.807, 2.05) is 0 Å². The van der Waals surface area contributed by atoms with Gasteiger partial charge in [-0.1, -0.05) is 0 Å². The van der Waals surface area contributed by atoms with Crippen LogP contribution in [0.25, 0.3) is 10.9 Å². The van der Waals surface area contributed by atoms with Crippen molar-refractivity contribution in [2.75, 3.05) is 37.7 Å². The molecule has 2 aromatic rings. The largest absolute Gasteiger partial charge is 0.477 e. The summed E-state index contributed by atoms with van der Waals surface area (Å²) < 4.78 is 22.5. The lowest BCUT2D eigenvalue weighted by Gasteiger charge is -2.47. The van der Waals surface area contributed by atoms with Gasteiger partial charge in [-0.05, 0) is 25.0 Å². The number of aromatic nitrogens is 1. The minimum atomic E-state index is -1.48. The minimum Gasteiger partial charge on any atom is -0.477 e. The Morgan fingerprint density at radius 1 is 1.06 bits per heavy atom. The maximum absolute atomic E-state index is 15.2. The van der Waals surface area contributed by atoms with Gasteiger partial charge < -0.3 is 39.7 Å². The number of halogens is 1. The second kappa shape index (κ2) is 9.12. The average molecular weight is 493 g/mol. The van der Waals surface area contributed by atoms with Crippen LogP contribution in [-0.2, 0) is 4.74 Å². The fraction of sp³-hybridized carbons (Fsp3) is 0.565. The fourth-order valence-electron chi connectivity index (χ4n) is 5.01. The summed E-state index contributed by atoms with van der Waals surface area (Å²) in [7, 11) is 0. The average Bonchev–Trinajstić information content (AvgIpc) is 3.68. The summed E-state index contributed by atoms with van der Waals surface area (Å²) in [6, 6.07) is 2.75. The van der Waals surface area contributed by atoms with Gasteiger partial charge in [-0.15, -0.1) is 0 Å². The van der Waals surface area contributed by atoms with Gasteiger partial charge in [0.1, 0.15) is 42.0 Å². The minimum absolute atomic E-state index is 0.0259. The van der Waals surface area contributed by atoms with Crippen LogP contribution >= 0.6 is 0 Å². The Balaban J connectivity index is 1.40. The van der Waals surface area contributed by atoms with Crippen LogP contribution in [0.2, 0.25) is 0 Å². The zero-order valence-electron chi connectivity index (χ0n) is 18.8. The molecule has 3 fully saturated rings. The van der Waals surface area contributed by atoms with E-state index < -0.39 is 54.5 Å². The third-order valence-corrected chi connectivity index (χ3v) is 7.15. The number of pyridine rings is 1. The van der Waals surface area contributed by atoms with Gasteiger partial charge in [-0.2, -0.15) is 0 Å². The van der Waals surface area contributed by atoms with E-state index in [0.29, 0.717) is 31.7 Å². The number of rotatable bonds is 5. The van der Waals surface area contributed by atoms with Gasteiger partial charge in [0.15, 0.2) is 0 Å². The summed E-state index contributed by atoms with van der Waals surface area (Å²) in [6.45, 7) is 0.855. The van der Waals surface area contributed by atoms with Crippen LogP contribution in [0.4, 0.5) is 10.1 Å². The molecule has 5 rings (SSSR count). The number of anilines is 1. The number of hydrogen-bond donors (Lipinski definition) is 5. The molecule has 3 heterocycles. The Morgan fingerprint density at radius 3 is 2.34 bits per heavy atom. The second-order valence-electron chi connectivity index (χ2n) is 9.38. The Kier molecular flexibility index (Phi) is 6.28. The zero-order chi connectivity index (χ0) is 25.0. The fourth-order valence-corrected chi connectivity index (χ4v) is 5.01. The van der Waals surface area contributed by atoms with Gasteiger partial charge in [0.25, 0.3) is 0 Å². The van der Waals surface area contributed by atoms with Crippen LogP contribution in [0.15, 0.2) is 23.1 Å². The van der Waals surface area contributed by atoms with Crippen LogP contribution in [0.5, 0.6) is 0 Å². The molecule has 1 aliphatic carbocycles. The van der Waals surface area contributed by atoms with E-state index in [-0.39, 0.29) is 22.7 Å². The number of aliphatic hydroxyl groups is 4. The molecule has 5 atom stereocenters. The van der Waals surface area contributed by atoms with Crippen molar-refractivity contribution >= 4 is 22.6 Å². The topological polar surface area (TPSA) is 156 Å². The molecule has 2 saturated heterocycles. The van der Waals surface area contributed by atoms with Crippen LogP contribution < -0.4 is 10.3 Å². The smallest absolute Gasteiger partial charge is 0.341 e. The standard InChI is InChI=1S/C23H28FN3O8/c24-14-7-12-15(27(11-1-2-11)9-13(18(12)29)23(33)34)8-16(14)25-3-5-26(6-4-25)22-21(32)20(31)19(30)17(10-28)35-22/h7-9,11,17,19-22,28,30-32H,1-6,10H2,(H,33,34)/t17-,19+,20+,21-,22-/m1/s1. The van der Waals surface area contributed by atoms with Crippen molar-refractivity contribution in [2.24, 2.45) is 0 Å². The van der Waals surface area contributed by atoms with Gasteiger partial charge in [0.2, 0.25) is 5.43 Å². The monoisotopic (exact) mass is 493 g/mol. The van der Waals surface area contributed by atoms with Gasteiger partial charge in [0.05, 0.1) is 17.8 Å². The van der Waals surface area contributed by atoms with E-state index in [9.17, 15) is 35.1 Å². The van der Waals surface area contributed by atoms with E-state index in [2.05, 4.69) is 0 Å². The first-order valence-corrected chi connectivity index (χ1v) is 11.6. The molecule has 35 heavy (non-hydrogen) atoms. The molecule has 0 spiro atoms. The lowest BCUT2D eigenvalue weighted by Crippen LogP contribution is -2.65. The first-order chi connectivity index (χ1) is 16.7. The van der Waals surface area contributed by atoms with Crippen LogP contribution in [0, 0.1) is 5.82 Å². The van der Waals surface area contributed by atoms with Crippen molar-refractivity contribution in [1.29, 1.82) is 0 Å². The Bertz CT molecular complexity index is 1190. The molecule has 11 nitrogen and oxygen atoms in total. The Morgan fingerprint density at radius 2 is 1.74 bits per heavy atom. The molecule has 0 amide bonds. The maximum atomic E-state index is 15.2. The number of carbonyl (C=O) groups is 1. The van der Waals surface area contributed by atoms with Crippen molar-refractivity contribution < 1.29 is 39.5 Å². The summed E-state index contributed by atoms with van der Waals surface area (Å²) in [6.07, 6.45) is -3.21. The van der Waals surface area contributed by atoms with Crippen molar-refractivity contribution in [3.05, 3.63) is 39.9 Å². The number of ether oxygens (including phenoxy) is 1. The highest BCUT2D eigenvalue weighted by Gasteiger charge is 2.46. The van der Waals surface area contributed by atoms with Crippen LogP contribution in [0.1, 0.15) is 29.2 Å². The molecule has 1 aromatic heterocycles. The number of carboxylic acids is 1. The Labute approximate surface area is 199 Å². The predicted octanol–water partition coefficient (Wildman–Crippen LogP) is -0.904. The normalized spacial score (nSPS) is 30.1. The van der Waals surface area contributed by atoms with Gasteiger partial charge in [-0.3, -0.25) is 9.69 Å². The number of aromatic carboxylic acids is 1. The molecular weight excluding hydrogens is 465 g/mol. The number of nitrogens with zero attached hydrogens (tertiary/aromatic N) is 3. The molecular formula is C23H28FN3O8. The summed E-state index contributed by atoms with van der Waals surface area (Å²) >= 11 is 0. The quantitative estimate of drug-likeness (QED) is 0.354. The third kappa shape index (κ3) is 4.20. The molecule has 3 aliphatic rings. The third-order valence-electron chi connectivity index (χ3n) is 7.15. The van der Waals surface area contributed by atoms with Crippen molar-refractivity contribution in [3.63, 3.8) is 0 Å². The summed E-state index contributed by atoms with van der Waals surface area (Å²) in [4.78, 5) is 27.8. The summed E-state index contributed by atoms with van der Waals surface area (Å²) in [5.41, 5.74) is -0.343. The highest BCUT2D eigenvalue weighted by Crippen LogP contribution is 2.38. The van der Waals surface area contributed by atoms with E-state index >= 15 is 4.39 Å². The molecule has 5 N–H and O–H groups in total. The first kappa shape index (κ1) is 24.1. The Hall–Kier alpha value is -2.61. The number of aliphatic hydroxyl groups excluding tert-OH is 4. The lowest BCUT2D eigenvalue weighted by molar-refractivity contribution is -0.265. The van der Waals surface area contributed by atoms with E-state index in [1.165, 1.54) is 6.20 Å². The molecule has 0 unspecified atom stereocenters. The van der Waals surface area contributed by atoms with E-state index in [0.717, 1.165) is 18.9 Å². The number of hydrogen-bond acceptors (Lipinski definition) is 9. The predicted molar refractivity (Wildman–Crippen MR) is 121 cm³/mol. The molecule has 2 aliphatic heterocycles. The molecule has 12 heteroatoms. The number of piperazine rings is 1. The van der Waals surface area contributed by atoms with Crippen LogP contribution in [0.3, 0.4) is 0 Å². The zero-order valence-corrected chi connectivity index (χ0v) is 18.8. The lowest BCUT2D eigenvalue weighted by atomic mass is 9.97. The summed E-state index contributed by atoms with van der Waals surface area (Å²) in [5.74, 6) is -1.99. The second-order valence-corrected chi connectivity index (χ2v) is 9.38. The highest BCUT2D eigenvalue weighted by molar-refractivity contribution is 5.93. The molecule has 1 saturated carbocycles. The number of carboxylic acid groups (broad SMARTS) is 1. The van der Waals surface area contributed by atoms with Crippen molar-refractivity contribution in [3.8, 4) is 0 Å². The highest BCUT2D eigenvalue weighted by atomic mass is 19.1. The van der Waals surface area contributed by atoms with E-state index in [4.69, 9.17) is 4.74 Å². The van der Waals surface area contributed by atoms with E-state index in [1.54, 1.807) is 20.4 Å². The molecule has 1 aromatic carbocycles. The molecule has 0 radical (unpaired) electrons. The summed E-state index contributed by atoms with van der Waals surface area (Å²) in [5, 5.41) is 49.3. The first-order valence-electron chi connectivity index (χ1n) is 11.6. The number of fused-ring (bicyclic) bond motifs is 1. The number of benzene rings is 1. The van der Waals surface area contributed by atoms with Gasteiger partial charge in [-0.25, -0.2) is 9.18 Å². The van der Waals surface area contributed by atoms with Crippen molar-refractivity contribution in [1.82, 2.24) is 9.47 Å².